The van der Waals surface area contributed by atoms with Crippen LogP contribution in [-0.4, -0.2) is 93.4 Å². The molecule has 9 atom stereocenters. The van der Waals surface area contributed by atoms with Crippen LogP contribution in [0.25, 0.3) is 0 Å². The second-order valence-corrected chi connectivity index (χ2v) is 15.8. The minimum atomic E-state index is -2.61. The Labute approximate surface area is 337 Å². The highest BCUT2D eigenvalue weighted by atomic mass is 16.6. The summed E-state index contributed by atoms with van der Waals surface area (Å²) in [7, 11) is 0. The van der Waals surface area contributed by atoms with E-state index in [2.05, 4.69) is 11.6 Å². The normalized spacial score (nSPS) is 29.5. The summed E-state index contributed by atoms with van der Waals surface area (Å²) < 4.78 is 35.8. The van der Waals surface area contributed by atoms with Gasteiger partial charge in [-0.25, -0.2) is 9.59 Å². The topological polar surface area (TPSA) is 208 Å². The Hall–Kier alpha value is -5.70. The van der Waals surface area contributed by atoms with Crippen molar-refractivity contribution >= 4 is 41.6 Å². The van der Waals surface area contributed by atoms with Gasteiger partial charge in [0, 0.05) is 56.5 Å². The van der Waals surface area contributed by atoms with Crippen LogP contribution in [0, 0.1) is 23.2 Å². The number of allylic oxidation sites excluding steroid dienone is 1. The maximum absolute atomic E-state index is 14.8. The Morgan fingerprint density at radius 1 is 0.793 bits per heavy atom. The number of rotatable bonds is 9. The number of fused-ring (bicyclic) bond motifs is 1. The Balaban J connectivity index is 2.09. The van der Waals surface area contributed by atoms with Crippen molar-refractivity contribution in [3.05, 3.63) is 90.3 Å². The highest BCUT2D eigenvalue weighted by Gasteiger charge is 2.69. The summed E-state index contributed by atoms with van der Waals surface area (Å²) >= 11 is 0. The van der Waals surface area contributed by atoms with Gasteiger partial charge >= 0.3 is 35.8 Å². The summed E-state index contributed by atoms with van der Waals surface area (Å²) in [5.41, 5.74) is -6.21. The second kappa shape index (κ2) is 17.8. The van der Waals surface area contributed by atoms with Crippen molar-refractivity contribution in [3.63, 3.8) is 0 Å². The molecule has 1 aromatic carbocycles. The van der Waals surface area contributed by atoms with Crippen molar-refractivity contribution in [1.29, 1.82) is 0 Å². The molecule has 4 rings (SSSR count). The fourth-order valence-electron chi connectivity index (χ4n) is 7.51. The first-order chi connectivity index (χ1) is 27.0. The number of hydrogen-bond donors (Lipinski definition) is 1. The van der Waals surface area contributed by atoms with Crippen LogP contribution >= 0.6 is 0 Å². The molecule has 0 aliphatic heterocycles. The number of benzene rings is 1. The van der Waals surface area contributed by atoms with Gasteiger partial charge < -0.3 is 33.5 Å². The van der Waals surface area contributed by atoms with Crippen molar-refractivity contribution in [1.82, 2.24) is 4.98 Å². The van der Waals surface area contributed by atoms with E-state index in [-0.39, 0.29) is 16.7 Å². The lowest BCUT2D eigenvalue weighted by molar-refractivity contribution is -0.185. The molecule has 58 heavy (non-hydrogen) atoms. The van der Waals surface area contributed by atoms with Crippen LogP contribution in [0.5, 0.6) is 0 Å². The van der Waals surface area contributed by atoms with Gasteiger partial charge in [-0.15, -0.1) is 0 Å². The molecule has 1 fully saturated rings. The molecule has 0 saturated heterocycles. The predicted molar refractivity (Wildman–Crippen MR) is 204 cm³/mol. The zero-order valence-electron chi connectivity index (χ0n) is 34.1. The van der Waals surface area contributed by atoms with Crippen LogP contribution in [0.1, 0.15) is 89.5 Å². The average molecular weight is 806 g/mol. The standard InChI is InChI=1S/C43H51NO14/c1-23(2)38(49)55-33-25(4)32(53-26(5)45)31-36(56-39(50)29-15-12-11-13-16-29)42(10,58-28(7)47)22-43(31,52)35(48)24(3)18-19-41(8,9)37(34(33)54-27(6)46)57-40(51)30-17-14-20-44-21-30/h11-21,23-24,31-34,36-37,52H,4,22H2,1-3,5-10H3. The first kappa shape index (κ1) is 45.0. The van der Waals surface area contributed by atoms with E-state index in [0.717, 1.165) is 20.8 Å². The maximum atomic E-state index is 14.8. The fraction of sp³-hybridized carbons (Fsp3) is 0.488. The maximum Gasteiger partial charge on any atom is 0.340 e. The van der Waals surface area contributed by atoms with Gasteiger partial charge in [0.1, 0.15) is 17.3 Å². The first-order valence-corrected chi connectivity index (χ1v) is 18.8. The van der Waals surface area contributed by atoms with Crippen LogP contribution < -0.4 is 0 Å². The molecule has 1 N–H and O–H groups in total. The molecule has 0 spiro atoms. The first-order valence-electron chi connectivity index (χ1n) is 18.8. The largest absolute Gasteiger partial charge is 0.457 e. The van der Waals surface area contributed by atoms with Gasteiger partial charge in [0.2, 0.25) is 0 Å². The van der Waals surface area contributed by atoms with Gasteiger partial charge in [0.15, 0.2) is 30.2 Å². The van der Waals surface area contributed by atoms with E-state index in [1.165, 1.54) is 76.5 Å². The number of carbonyl (C=O) groups is 7. The van der Waals surface area contributed by atoms with E-state index in [1.807, 2.05) is 0 Å². The lowest BCUT2D eigenvalue weighted by Gasteiger charge is -2.44. The van der Waals surface area contributed by atoms with E-state index in [1.54, 1.807) is 32.0 Å². The van der Waals surface area contributed by atoms with Gasteiger partial charge in [-0.3, -0.25) is 29.0 Å². The Kier molecular flexibility index (Phi) is 13.8. The van der Waals surface area contributed by atoms with Gasteiger partial charge in [0.05, 0.1) is 23.0 Å². The molecule has 1 heterocycles. The zero-order valence-corrected chi connectivity index (χ0v) is 34.1. The molecule has 2 aliphatic carbocycles. The Morgan fingerprint density at radius 3 is 1.93 bits per heavy atom. The summed E-state index contributed by atoms with van der Waals surface area (Å²) in [4.78, 5) is 98.8. The van der Waals surface area contributed by atoms with Crippen LogP contribution in [0.2, 0.25) is 0 Å². The van der Waals surface area contributed by atoms with E-state index in [4.69, 9.17) is 28.4 Å². The third kappa shape index (κ3) is 9.87. The molecule has 0 radical (unpaired) electrons. The molecule has 2 aromatic rings. The number of carbonyl (C=O) groups excluding carboxylic acids is 7. The van der Waals surface area contributed by atoms with Gasteiger partial charge in [-0.1, -0.05) is 71.5 Å². The quantitative estimate of drug-likeness (QED) is 0.207. The highest BCUT2D eigenvalue weighted by molar-refractivity contribution is 5.93. The summed E-state index contributed by atoms with van der Waals surface area (Å²) in [6, 6.07) is 10.7. The lowest BCUT2D eigenvalue weighted by atomic mass is 9.72. The predicted octanol–water partition coefficient (Wildman–Crippen LogP) is 4.69. The summed E-state index contributed by atoms with van der Waals surface area (Å²) in [6.45, 7) is 16.5. The third-order valence-electron chi connectivity index (χ3n) is 10.2. The SMILES string of the molecule is C=C1C(OC(=O)C(C)C)C(OC(C)=O)C(OC(=O)c2cccnc2)C(C)(C)C=CC(C)C(=O)C2(O)CC(C)(OC(C)=O)C(OC(=O)c3ccccc3)C2C1OC(C)=O. The van der Waals surface area contributed by atoms with Crippen molar-refractivity contribution in [2.24, 2.45) is 23.2 Å². The van der Waals surface area contributed by atoms with Gasteiger partial charge in [-0.2, -0.15) is 0 Å². The number of hydrogen-bond acceptors (Lipinski definition) is 15. The fourth-order valence-corrected chi connectivity index (χ4v) is 7.51. The highest BCUT2D eigenvalue weighted by Crippen LogP contribution is 2.52. The van der Waals surface area contributed by atoms with Crippen molar-refractivity contribution in [2.75, 3.05) is 0 Å². The number of ether oxygens (including phenoxy) is 6. The van der Waals surface area contributed by atoms with Crippen LogP contribution in [0.4, 0.5) is 0 Å². The van der Waals surface area contributed by atoms with E-state index >= 15 is 0 Å². The molecular weight excluding hydrogens is 754 g/mol. The molecule has 9 unspecified atom stereocenters. The molecule has 312 valence electrons. The third-order valence-corrected chi connectivity index (χ3v) is 10.2. The Morgan fingerprint density at radius 2 is 1.38 bits per heavy atom. The molecule has 0 amide bonds. The minimum Gasteiger partial charge on any atom is -0.457 e. The van der Waals surface area contributed by atoms with E-state index in [9.17, 15) is 38.7 Å². The number of ketones is 1. The molecule has 2 aliphatic rings. The van der Waals surface area contributed by atoms with E-state index < -0.39 is 113 Å². The molecule has 15 heteroatoms. The van der Waals surface area contributed by atoms with Gasteiger partial charge in [-0.05, 0) is 31.2 Å². The Bertz CT molecular complexity index is 1940. The molecule has 1 saturated carbocycles. The summed E-state index contributed by atoms with van der Waals surface area (Å²) in [6.07, 6.45) is -3.76. The van der Waals surface area contributed by atoms with Crippen molar-refractivity contribution in [2.45, 2.75) is 110 Å². The second-order valence-electron chi connectivity index (χ2n) is 15.8. The number of esters is 6. The molecule has 1 aromatic heterocycles. The lowest BCUT2D eigenvalue weighted by Crippen LogP contribution is -2.58. The van der Waals surface area contributed by atoms with E-state index in [0.29, 0.717) is 0 Å². The van der Waals surface area contributed by atoms with Crippen molar-refractivity contribution in [3.8, 4) is 0 Å². The molecular formula is C43H51NO14. The number of pyridine rings is 1. The van der Waals surface area contributed by atoms with Crippen molar-refractivity contribution < 1.29 is 67.1 Å². The molecule has 0 bridgehead atoms. The van der Waals surface area contributed by atoms with Crippen LogP contribution in [-0.2, 0) is 52.4 Å². The number of Topliss-reactive ketones (excluding diaryl/α,β-unsaturated/α-hetero) is 1. The number of aromatic nitrogens is 1. The van der Waals surface area contributed by atoms with Crippen LogP contribution in [0.15, 0.2) is 79.2 Å². The van der Waals surface area contributed by atoms with Gasteiger partial charge in [0.25, 0.3) is 0 Å². The smallest absolute Gasteiger partial charge is 0.340 e. The summed E-state index contributed by atoms with van der Waals surface area (Å²) in [5.74, 6) is -10.1. The number of aliphatic hydroxyl groups is 1. The summed E-state index contributed by atoms with van der Waals surface area (Å²) in [5, 5.41) is 12.9. The average Bonchev–Trinajstić information content (AvgIpc) is 3.37. The number of nitrogens with zero attached hydrogens (tertiary/aromatic N) is 1. The monoisotopic (exact) mass is 805 g/mol. The van der Waals surface area contributed by atoms with Crippen LogP contribution in [0.3, 0.4) is 0 Å². The molecule has 15 nitrogen and oxygen atoms in total. The zero-order chi connectivity index (χ0) is 43.3. The minimum absolute atomic E-state index is 0.0229.